The fraction of sp³-hybridized carbons (Fsp3) is 0.619. The Labute approximate surface area is 166 Å². The molecule has 0 saturated carbocycles. The summed E-state index contributed by atoms with van der Waals surface area (Å²) in [5.74, 6) is 0.511. The zero-order valence-corrected chi connectivity index (χ0v) is 16.8. The van der Waals surface area contributed by atoms with Crippen LogP contribution in [0.5, 0.6) is 5.75 Å². The number of nitrogens with one attached hydrogen (secondary N) is 1. The van der Waals surface area contributed by atoms with Crippen LogP contribution >= 0.6 is 0 Å². The highest BCUT2D eigenvalue weighted by atomic mass is 16.5. The molecule has 0 radical (unpaired) electrons. The summed E-state index contributed by atoms with van der Waals surface area (Å²) in [7, 11) is 3.65. The van der Waals surface area contributed by atoms with Crippen LogP contribution in [0.3, 0.4) is 0 Å². The number of hydrogen-bond donors (Lipinski definition) is 2. The summed E-state index contributed by atoms with van der Waals surface area (Å²) >= 11 is 0. The number of benzene rings is 1. The van der Waals surface area contributed by atoms with E-state index in [4.69, 9.17) is 4.74 Å². The zero-order chi connectivity index (χ0) is 20.1. The molecule has 2 aliphatic rings. The molecule has 2 N–H and O–H groups in total. The molecule has 2 aliphatic heterocycles. The Morgan fingerprint density at radius 3 is 2.82 bits per heavy atom. The van der Waals surface area contributed by atoms with Crippen LogP contribution in [0, 0.1) is 5.92 Å². The van der Waals surface area contributed by atoms with Crippen LogP contribution in [0.25, 0.3) is 0 Å². The van der Waals surface area contributed by atoms with Gasteiger partial charge in [0.15, 0.2) is 0 Å². The highest BCUT2D eigenvalue weighted by molar-refractivity contribution is 5.83. The van der Waals surface area contributed by atoms with Crippen LogP contribution in [-0.2, 0) is 16.1 Å². The van der Waals surface area contributed by atoms with Crippen LogP contribution in [0.15, 0.2) is 24.3 Å². The van der Waals surface area contributed by atoms with Crippen LogP contribution in [0.1, 0.15) is 31.2 Å². The van der Waals surface area contributed by atoms with Crippen molar-refractivity contribution in [3.8, 4) is 5.75 Å². The van der Waals surface area contributed by atoms with E-state index in [-0.39, 0.29) is 24.3 Å². The summed E-state index contributed by atoms with van der Waals surface area (Å²) in [6, 6.07) is 7.63. The minimum absolute atomic E-state index is 0.0702. The molecule has 2 saturated heterocycles. The van der Waals surface area contributed by atoms with E-state index in [1.165, 1.54) is 0 Å². The molecule has 2 fully saturated rings. The molecule has 154 valence electrons. The third kappa shape index (κ3) is 5.23. The molecular formula is C21H31N3O4. The van der Waals surface area contributed by atoms with E-state index in [1.54, 1.807) is 12.0 Å². The fourth-order valence-electron chi connectivity index (χ4n) is 3.88. The van der Waals surface area contributed by atoms with Crippen molar-refractivity contribution >= 4 is 11.8 Å². The van der Waals surface area contributed by atoms with Gasteiger partial charge in [-0.25, -0.2) is 0 Å². The zero-order valence-electron chi connectivity index (χ0n) is 16.8. The molecule has 7 nitrogen and oxygen atoms in total. The highest BCUT2D eigenvalue weighted by Gasteiger charge is 2.34. The molecular weight excluding hydrogens is 358 g/mol. The number of hydrogen-bond acceptors (Lipinski definition) is 5. The number of methoxy groups -OCH3 is 1. The minimum Gasteiger partial charge on any atom is -0.497 e. The van der Waals surface area contributed by atoms with Crippen molar-refractivity contribution in [2.75, 3.05) is 40.3 Å². The normalized spacial score (nSPS) is 22.8. The van der Waals surface area contributed by atoms with Crippen LogP contribution < -0.4 is 10.1 Å². The standard InChI is InChI=1S/C21H31N3O4/c1-23-10-8-21(27,9-11-23)15-22-20(26)17-6-7-19(25)24(14-17)13-16-4-3-5-18(12-16)28-2/h3-5,12,17,27H,6-11,13-15H2,1-2H3,(H,22,26)/t17-/m0/s1. The maximum atomic E-state index is 12.7. The van der Waals surface area contributed by atoms with Gasteiger partial charge >= 0.3 is 0 Å². The number of amides is 2. The van der Waals surface area contributed by atoms with Gasteiger partial charge in [-0.1, -0.05) is 12.1 Å². The summed E-state index contributed by atoms with van der Waals surface area (Å²) in [6.45, 7) is 2.82. The Balaban J connectivity index is 1.54. The lowest BCUT2D eigenvalue weighted by atomic mass is 9.90. The quantitative estimate of drug-likeness (QED) is 0.759. The minimum atomic E-state index is -0.826. The van der Waals surface area contributed by atoms with E-state index in [1.807, 2.05) is 31.3 Å². The summed E-state index contributed by atoms with van der Waals surface area (Å²) in [6.07, 6.45) is 2.25. The molecule has 0 aromatic heterocycles. The van der Waals surface area contributed by atoms with Gasteiger partial charge in [-0.05, 0) is 44.0 Å². The first-order chi connectivity index (χ1) is 13.4. The van der Waals surface area contributed by atoms with Crippen molar-refractivity contribution in [3.63, 3.8) is 0 Å². The molecule has 7 heteroatoms. The van der Waals surface area contributed by atoms with E-state index in [0.717, 1.165) is 24.4 Å². The Bertz CT molecular complexity index is 701. The topological polar surface area (TPSA) is 82.1 Å². The number of carbonyl (C=O) groups is 2. The first-order valence-electron chi connectivity index (χ1n) is 9.98. The van der Waals surface area contributed by atoms with Gasteiger partial charge in [0.25, 0.3) is 0 Å². The number of piperidine rings is 2. The van der Waals surface area contributed by atoms with Crippen molar-refractivity contribution in [2.45, 2.75) is 37.8 Å². The predicted octanol–water partition coefficient (Wildman–Crippen LogP) is 1.01. The molecule has 1 aromatic carbocycles. The predicted molar refractivity (Wildman–Crippen MR) is 106 cm³/mol. The summed E-state index contributed by atoms with van der Waals surface area (Å²) < 4.78 is 5.24. The summed E-state index contributed by atoms with van der Waals surface area (Å²) in [5.41, 5.74) is 0.154. The van der Waals surface area contributed by atoms with Crippen LogP contribution in [-0.4, -0.2) is 72.7 Å². The Morgan fingerprint density at radius 2 is 2.11 bits per heavy atom. The molecule has 0 spiro atoms. The molecule has 2 heterocycles. The molecule has 1 aromatic rings. The first-order valence-corrected chi connectivity index (χ1v) is 9.98. The van der Waals surface area contributed by atoms with Gasteiger partial charge in [-0.3, -0.25) is 9.59 Å². The number of ether oxygens (including phenoxy) is 1. The molecule has 28 heavy (non-hydrogen) atoms. The summed E-state index contributed by atoms with van der Waals surface area (Å²) in [5, 5.41) is 13.6. The van der Waals surface area contributed by atoms with Gasteiger partial charge in [-0.15, -0.1) is 0 Å². The second-order valence-electron chi connectivity index (χ2n) is 8.11. The lowest BCUT2D eigenvalue weighted by molar-refractivity contribution is -0.139. The second kappa shape index (κ2) is 8.92. The summed E-state index contributed by atoms with van der Waals surface area (Å²) in [4.78, 5) is 28.9. The van der Waals surface area contributed by atoms with Gasteiger partial charge in [0, 0.05) is 39.1 Å². The highest BCUT2D eigenvalue weighted by Crippen LogP contribution is 2.23. The molecule has 1 atom stereocenters. The maximum absolute atomic E-state index is 12.7. The van der Waals surface area contributed by atoms with Crippen molar-refractivity contribution in [1.29, 1.82) is 0 Å². The monoisotopic (exact) mass is 389 g/mol. The molecule has 3 rings (SSSR count). The van der Waals surface area contributed by atoms with Crippen LogP contribution in [0.2, 0.25) is 0 Å². The molecule has 0 unspecified atom stereocenters. The molecule has 0 bridgehead atoms. The Hall–Kier alpha value is -2.12. The van der Waals surface area contributed by atoms with Gasteiger partial charge in [0.1, 0.15) is 5.75 Å². The van der Waals surface area contributed by atoms with Gasteiger partial charge in [0.2, 0.25) is 11.8 Å². The van der Waals surface area contributed by atoms with Gasteiger partial charge < -0.3 is 25.0 Å². The number of rotatable bonds is 6. The van der Waals surface area contributed by atoms with Crippen molar-refractivity contribution in [2.24, 2.45) is 5.92 Å². The Morgan fingerprint density at radius 1 is 1.36 bits per heavy atom. The third-order valence-corrected chi connectivity index (χ3v) is 5.89. The van der Waals surface area contributed by atoms with E-state index >= 15 is 0 Å². The smallest absolute Gasteiger partial charge is 0.225 e. The number of carbonyl (C=O) groups excluding carboxylic acids is 2. The van der Waals surface area contributed by atoms with Crippen molar-refractivity contribution in [1.82, 2.24) is 15.1 Å². The van der Waals surface area contributed by atoms with E-state index in [9.17, 15) is 14.7 Å². The van der Waals surface area contributed by atoms with Gasteiger partial charge in [0.05, 0.1) is 18.6 Å². The van der Waals surface area contributed by atoms with E-state index in [2.05, 4.69) is 10.2 Å². The first kappa shape index (κ1) is 20.6. The van der Waals surface area contributed by atoms with Crippen LogP contribution in [0.4, 0.5) is 0 Å². The molecule has 0 aliphatic carbocycles. The maximum Gasteiger partial charge on any atom is 0.225 e. The SMILES string of the molecule is COc1cccc(CN2C[C@@H](C(=O)NCC3(O)CCN(C)CC3)CCC2=O)c1. The fourth-order valence-corrected chi connectivity index (χ4v) is 3.88. The third-order valence-electron chi connectivity index (χ3n) is 5.89. The second-order valence-corrected chi connectivity index (χ2v) is 8.11. The Kier molecular flexibility index (Phi) is 6.57. The number of aliphatic hydroxyl groups is 1. The van der Waals surface area contributed by atoms with Crippen molar-refractivity contribution < 1.29 is 19.4 Å². The van der Waals surface area contributed by atoms with Gasteiger partial charge in [-0.2, -0.15) is 0 Å². The lowest BCUT2D eigenvalue weighted by Crippen LogP contribution is -2.52. The van der Waals surface area contributed by atoms with Crippen molar-refractivity contribution in [3.05, 3.63) is 29.8 Å². The largest absolute Gasteiger partial charge is 0.497 e. The van der Waals surface area contributed by atoms with E-state index in [0.29, 0.717) is 38.8 Å². The number of likely N-dealkylation sites (tertiary alicyclic amines) is 2. The van der Waals surface area contributed by atoms with E-state index < -0.39 is 5.60 Å². The number of nitrogens with zero attached hydrogens (tertiary/aromatic N) is 2. The molecule has 2 amide bonds. The lowest BCUT2D eigenvalue weighted by Gasteiger charge is -2.37. The average Bonchev–Trinajstić information content (AvgIpc) is 2.70. The average molecular weight is 389 g/mol.